The maximum atomic E-state index is 12.3. The van der Waals surface area contributed by atoms with Gasteiger partial charge in [0.25, 0.3) is 5.91 Å². The lowest BCUT2D eigenvalue weighted by atomic mass is 10.2. The van der Waals surface area contributed by atoms with Gasteiger partial charge in [0.05, 0.1) is 6.54 Å². The van der Waals surface area contributed by atoms with Crippen molar-refractivity contribution in [2.75, 3.05) is 36.9 Å². The first-order valence-corrected chi connectivity index (χ1v) is 9.37. The minimum absolute atomic E-state index is 0.0102. The van der Waals surface area contributed by atoms with E-state index in [0.29, 0.717) is 17.8 Å². The van der Waals surface area contributed by atoms with Gasteiger partial charge in [-0.1, -0.05) is 12.1 Å². The van der Waals surface area contributed by atoms with E-state index < -0.39 is 0 Å². The molecule has 1 aromatic carbocycles. The monoisotopic (exact) mass is 396 g/mol. The van der Waals surface area contributed by atoms with Gasteiger partial charge in [-0.05, 0) is 36.8 Å². The number of carbonyl (C=O) groups excluding carboxylic acids is 3. The van der Waals surface area contributed by atoms with Crippen molar-refractivity contribution in [3.8, 4) is 0 Å². The van der Waals surface area contributed by atoms with E-state index in [2.05, 4.69) is 31.2 Å². The van der Waals surface area contributed by atoms with Crippen molar-refractivity contribution in [1.29, 1.82) is 0 Å². The molecule has 29 heavy (non-hydrogen) atoms. The number of amides is 4. The third-order valence-corrected chi connectivity index (χ3v) is 4.57. The van der Waals surface area contributed by atoms with Crippen LogP contribution in [0.3, 0.4) is 0 Å². The number of carbonyl (C=O) groups is 3. The zero-order valence-electron chi connectivity index (χ0n) is 16.1. The van der Waals surface area contributed by atoms with Crippen molar-refractivity contribution in [2.45, 2.75) is 12.5 Å². The number of urea groups is 1. The molecule has 1 aromatic heterocycles. The number of hydrogen-bond donors (Lipinski definition) is 4. The second-order valence-corrected chi connectivity index (χ2v) is 6.65. The Morgan fingerprint density at radius 2 is 2.03 bits per heavy atom. The van der Waals surface area contributed by atoms with Gasteiger partial charge in [0.2, 0.25) is 5.91 Å². The molecular formula is C20H24N6O3. The van der Waals surface area contributed by atoms with Crippen LogP contribution in [-0.4, -0.2) is 55.6 Å². The quantitative estimate of drug-likeness (QED) is 0.581. The summed E-state index contributed by atoms with van der Waals surface area (Å²) < 4.78 is 0. The van der Waals surface area contributed by atoms with Gasteiger partial charge in [-0.3, -0.25) is 9.59 Å². The SMILES string of the molecule is CNC(=O)CNC(=O)c1cccc(NC(=O)NC2CCN(c3ccccn3)C2)c1. The summed E-state index contributed by atoms with van der Waals surface area (Å²) in [6.07, 6.45) is 2.58. The number of aromatic nitrogens is 1. The molecule has 4 amide bonds. The molecule has 4 N–H and O–H groups in total. The number of likely N-dealkylation sites (N-methyl/N-ethyl adjacent to an activating group) is 1. The zero-order valence-corrected chi connectivity index (χ0v) is 16.1. The highest BCUT2D eigenvalue weighted by molar-refractivity contribution is 5.98. The lowest BCUT2D eigenvalue weighted by Gasteiger charge is -2.18. The molecule has 1 fully saturated rings. The summed E-state index contributed by atoms with van der Waals surface area (Å²) >= 11 is 0. The number of nitrogens with one attached hydrogen (secondary N) is 4. The van der Waals surface area contributed by atoms with Crippen LogP contribution >= 0.6 is 0 Å². The molecular weight excluding hydrogens is 372 g/mol. The lowest BCUT2D eigenvalue weighted by Crippen LogP contribution is -2.39. The van der Waals surface area contributed by atoms with Crippen LogP contribution in [0.1, 0.15) is 16.8 Å². The van der Waals surface area contributed by atoms with Crippen LogP contribution in [0.25, 0.3) is 0 Å². The van der Waals surface area contributed by atoms with E-state index >= 15 is 0 Å². The smallest absolute Gasteiger partial charge is 0.319 e. The minimum Gasteiger partial charge on any atom is -0.358 e. The molecule has 9 heteroatoms. The molecule has 9 nitrogen and oxygen atoms in total. The van der Waals surface area contributed by atoms with Crippen LogP contribution in [0, 0.1) is 0 Å². The summed E-state index contributed by atoms with van der Waals surface area (Å²) in [5.41, 5.74) is 0.851. The van der Waals surface area contributed by atoms with Crippen LogP contribution in [-0.2, 0) is 4.79 Å². The normalized spacial score (nSPS) is 15.5. The molecule has 3 rings (SSSR count). The van der Waals surface area contributed by atoms with E-state index in [1.165, 1.54) is 7.05 Å². The van der Waals surface area contributed by atoms with E-state index in [-0.39, 0.29) is 30.4 Å². The Morgan fingerprint density at radius 3 is 2.79 bits per heavy atom. The fourth-order valence-corrected chi connectivity index (χ4v) is 3.07. The van der Waals surface area contributed by atoms with Crippen LogP contribution in [0.4, 0.5) is 16.3 Å². The highest BCUT2D eigenvalue weighted by Gasteiger charge is 2.24. The van der Waals surface area contributed by atoms with E-state index in [4.69, 9.17) is 0 Å². The average Bonchev–Trinajstić information content (AvgIpc) is 3.20. The molecule has 0 spiro atoms. The van der Waals surface area contributed by atoms with E-state index in [0.717, 1.165) is 18.8 Å². The van der Waals surface area contributed by atoms with Gasteiger partial charge >= 0.3 is 6.03 Å². The van der Waals surface area contributed by atoms with Crippen LogP contribution in [0.15, 0.2) is 48.7 Å². The van der Waals surface area contributed by atoms with Crippen molar-refractivity contribution < 1.29 is 14.4 Å². The largest absolute Gasteiger partial charge is 0.358 e. The first kappa shape index (κ1) is 20.1. The Hall–Kier alpha value is -3.62. The van der Waals surface area contributed by atoms with Crippen LogP contribution in [0.5, 0.6) is 0 Å². The van der Waals surface area contributed by atoms with Gasteiger partial charge in [-0.2, -0.15) is 0 Å². The number of hydrogen-bond acceptors (Lipinski definition) is 5. The molecule has 1 atom stereocenters. The van der Waals surface area contributed by atoms with Crippen molar-refractivity contribution in [3.05, 3.63) is 54.2 Å². The molecule has 0 radical (unpaired) electrons. The lowest BCUT2D eigenvalue weighted by molar-refractivity contribution is -0.119. The van der Waals surface area contributed by atoms with Gasteiger partial charge in [-0.25, -0.2) is 9.78 Å². The number of benzene rings is 1. The van der Waals surface area contributed by atoms with E-state index in [1.807, 2.05) is 18.2 Å². The maximum absolute atomic E-state index is 12.3. The number of anilines is 2. The molecule has 0 saturated carbocycles. The Labute approximate surface area is 168 Å². The molecule has 0 bridgehead atoms. The molecule has 2 aromatic rings. The van der Waals surface area contributed by atoms with Crippen LogP contribution in [0.2, 0.25) is 0 Å². The Balaban J connectivity index is 1.51. The predicted molar refractivity (Wildman–Crippen MR) is 110 cm³/mol. The predicted octanol–water partition coefficient (Wildman–Crippen LogP) is 0.958. The first-order valence-electron chi connectivity index (χ1n) is 9.37. The third kappa shape index (κ3) is 5.68. The summed E-state index contributed by atoms with van der Waals surface area (Å²) in [6, 6.07) is 12.0. The Morgan fingerprint density at radius 1 is 1.17 bits per heavy atom. The molecule has 2 heterocycles. The first-order chi connectivity index (χ1) is 14.0. The fraction of sp³-hybridized carbons (Fsp3) is 0.300. The summed E-state index contributed by atoms with van der Waals surface area (Å²) in [4.78, 5) is 42.2. The summed E-state index contributed by atoms with van der Waals surface area (Å²) in [5.74, 6) is 0.218. The maximum Gasteiger partial charge on any atom is 0.319 e. The van der Waals surface area contributed by atoms with Gasteiger partial charge < -0.3 is 26.2 Å². The van der Waals surface area contributed by atoms with Gasteiger partial charge in [0, 0.05) is 43.6 Å². The standard InChI is InChI=1S/C20H24N6O3/c1-21-18(27)12-23-19(28)14-5-4-6-15(11-14)24-20(29)25-16-8-10-26(13-16)17-7-2-3-9-22-17/h2-7,9,11,16H,8,10,12-13H2,1H3,(H,21,27)(H,23,28)(H2,24,25,29). The number of rotatable bonds is 6. The van der Waals surface area contributed by atoms with Crippen molar-refractivity contribution in [2.24, 2.45) is 0 Å². The molecule has 0 aliphatic carbocycles. The zero-order chi connectivity index (χ0) is 20.6. The number of pyridine rings is 1. The van der Waals surface area contributed by atoms with Crippen molar-refractivity contribution in [3.63, 3.8) is 0 Å². The third-order valence-electron chi connectivity index (χ3n) is 4.57. The highest BCUT2D eigenvalue weighted by atomic mass is 16.2. The highest BCUT2D eigenvalue weighted by Crippen LogP contribution is 2.17. The van der Waals surface area contributed by atoms with Crippen molar-refractivity contribution in [1.82, 2.24) is 20.9 Å². The van der Waals surface area contributed by atoms with E-state index in [9.17, 15) is 14.4 Å². The average molecular weight is 396 g/mol. The molecule has 1 aliphatic rings. The molecule has 1 aliphatic heterocycles. The topological polar surface area (TPSA) is 115 Å². The molecule has 1 unspecified atom stereocenters. The Bertz CT molecular complexity index is 874. The molecule has 1 saturated heterocycles. The minimum atomic E-state index is -0.389. The summed E-state index contributed by atoms with van der Waals surface area (Å²) in [6.45, 7) is 1.40. The fourth-order valence-electron chi connectivity index (χ4n) is 3.07. The Kier molecular flexibility index (Phi) is 6.62. The van der Waals surface area contributed by atoms with E-state index in [1.54, 1.807) is 30.5 Å². The second-order valence-electron chi connectivity index (χ2n) is 6.65. The summed E-state index contributed by atoms with van der Waals surface area (Å²) in [5, 5.41) is 10.7. The number of nitrogens with zero attached hydrogens (tertiary/aromatic N) is 2. The molecule has 152 valence electrons. The van der Waals surface area contributed by atoms with Crippen molar-refractivity contribution >= 4 is 29.4 Å². The van der Waals surface area contributed by atoms with Gasteiger partial charge in [-0.15, -0.1) is 0 Å². The van der Waals surface area contributed by atoms with Crippen LogP contribution < -0.4 is 26.2 Å². The summed E-state index contributed by atoms with van der Waals surface area (Å²) in [7, 11) is 1.50. The van der Waals surface area contributed by atoms with Gasteiger partial charge in [0.1, 0.15) is 5.82 Å². The van der Waals surface area contributed by atoms with Gasteiger partial charge in [0.15, 0.2) is 0 Å². The second kappa shape index (κ2) is 9.54.